The van der Waals surface area contributed by atoms with Gasteiger partial charge in [-0.1, -0.05) is 25.7 Å². The van der Waals surface area contributed by atoms with Gasteiger partial charge in [-0.2, -0.15) is 8.42 Å². The van der Waals surface area contributed by atoms with Gasteiger partial charge in [-0.25, -0.2) is 4.39 Å². The normalized spacial score (nSPS) is 12.9. The predicted molar refractivity (Wildman–Crippen MR) is 63.9 cm³/mol. The van der Waals surface area contributed by atoms with Gasteiger partial charge in [0.05, 0.1) is 13.0 Å². The van der Waals surface area contributed by atoms with Gasteiger partial charge >= 0.3 is 0 Å². The van der Waals surface area contributed by atoms with Gasteiger partial charge in [-0.3, -0.25) is 4.55 Å². The minimum Gasteiger partial charge on any atom is -0.282 e. The van der Waals surface area contributed by atoms with E-state index in [1.165, 1.54) is 12.1 Å². The molecule has 1 aromatic rings. The van der Waals surface area contributed by atoms with Crippen LogP contribution in [0.5, 0.6) is 0 Å². The summed E-state index contributed by atoms with van der Waals surface area (Å²) >= 11 is 0. The van der Waals surface area contributed by atoms with Crippen LogP contribution in [0, 0.1) is 12.7 Å². The Kier molecular flexibility index (Phi) is 3.28. The molecule has 0 bridgehead atoms. The van der Waals surface area contributed by atoms with E-state index in [4.69, 9.17) is 4.55 Å². The van der Waals surface area contributed by atoms with Crippen LogP contribution < -0.4 is 5.19 Å². The molecule has 1 N–H and O–H groups in total. The molecule has 0 atom stereocenters. The number of aryl methyl sites for hydroxylation is 1. The highest BCUT2D eigenvalue weighted by molar-refractivity contribution is 7.86. The van der Waals surface area contributed by atoms with Crippen LogP contribution in [0.4, 0.5) is 4.39 Å². The third kappa shape index (κ3) is 2.50. The van der Waals surface area contributed by atoms with E-state index in [-0.39, 0.29) is 10.1 Å². The van der Waals surface area contributed by atoms with Crippen molar-refractivity contribution in [1.29, 1.82) is 0 Å². The first-order chi connectivity index (χ1) is 7.05. The van der Waals surface area contributed by atoms with E-state index in [0.717, 1.165) is 0 Å². The van der Waals surface area contributed by atoms with E-state index < -0.39 is 24.0 Å². The summed E-state index contributed by atoms with van der Waals surface area (Å²) in [6, 6.07) is 2.61. The van der Waals surface area contributed by atoms with Crippen molar-refractivity contribution >= 4 is 23.4 Å². The molecular formula is C10H15FO3SSi. The largest absolute Gasteiger partial charge is 0.294 e. The average molecular weight is 262 g/mol. The molecule has 0 amide bonds. The number of benzene rings is 1. The topological polar surface area (TPSA) is 54.4 Å². The van der Waals surface area contributed by atoms with E-state index in [0.29, 0.717) is 5.56 Å². The Bertz CT molecular complexity index is 518. The Balaban J connectivity index is 3.78. The molecule has 0 aliphatic heterocycles. The molecule has 1 aromatic carbocycles. The lowest BCUT2D eigenvalue weighted by Gasteiger charge is -2.21. The van der Waals surface area contributed by atoms with Gasteiger partial charge < -0.3 is 0 Å². The van der Waals surface area contributed by atoms with E-state index in [9.17, 15) is 12.8 Å². The predicted octanol–water partition coefficient (Wildman–Crippen LogP) is 1.93. The summed E-state index contributed by atoms with van der Waals surface area (Å²) in [5, 5.41) is 0.162. The van der Waals surface area contributed by atoms with Crippen molar-refractivity contribution in [3.8, 4) is 0 Å². The van der Waals surface area contributed by atoms with Gasteiger partial charge in [0.25, 0.3) is 10.1 Å². The molecule has 1 rings (SSSR count). The summed E-state index contributed by atoms with van der Waals surface area (Å²) < 4.78 is 45.5. The van der Waals surface area contributed by atoms with Crippen molar-refractivity contribution in [3.63, 3.8) is 0 Å². The Labute approximate surface area is 96.1 Å². The maximum Gasteiger partial charge on any atom is 0.294 e. The van der Waals surface area contributed by atoms with Crippen LogP contribution >= 0.6 is 0 Å². The standard InChI is InChI=1S/C10H15FO3SSi/c1-7-5-6-8(11)10(16(2,3)4)9(7)15(12,13)14/h5-6H,1-4H3,(H,12,13,14). The van der Waals surface area contributed by atoms with E-state index in [1.54, 1.807) is 6.92 Å². The summed E-state index contributed by atoms with van der Waals surface area (Å²) in [4.78, 5) is -0.258. The zero-order valence-corrected chi connectivity index (χ0v) is 11.5. The van der Waals surface area contributed by atoms with Gasteiger partial charge in [-0.05, 0) is 23.7 Å². The number of hydrogen-bond acceptors (Lipinski definition) is 2. The highest BCUT2D eigenvalue weighted by Crippen LogP contribution is 2.19. The van der Waals surface area contributed by atoms with Gasteiger partial charge in [0, 0.05) is 0 Å². The molecule has 3 nitrogen and oxygen atoms in total. The molecule has 90 valence electrons. The molecule has 0 aliphatic rings. The second-order valence-electron chi connectivity index (χ2n) is 4.79. The Morgan fingerprint density at radius 3 is 2.06 bits per heavy atom. The molecule has 6 heteroatoms. The fourth-order valence-electron chi connectivity index (χ4n) is 1.69. The van der Waals surface area contributed by atoms with Crippen LogP contribution in [0.1, 0.15) is 5.56 Å². The van der Waals surface area contributed by atoms with Crippen LogP contribution in [0.15, 0.2) is 17.0 Å². The molecular weight excluding hydrogens is 247 g/mol. The quantitative estimate of drug-likeness (QED) is 0.654. The first kappa shape index (κ1) is 13.3. The third-order valence-electron chi connectivity index (χ3n) is 2.31. The lowest BCUT2D eigenvalue weighted by atomic mass is 10.2. The molecule has 0 spiro atoms. The second-order valence-corrected chi connectivity index (χ2v) is 11.2. The lowest BCUT2D eigenvalue weighted by molar-refractivity contribution is 0.482. The van der Waals surface area contributed by atoms with Gasteiger partial charge in [0.2, 0.25) is 0 Å². The summed E-state index contributed by atoms with van der Waals surface area (Å²) in [5.74, 6) is -0.558. The van der Waals surface area contributed by atoms with Crippen LogP contribution in [-0.4, -0.2) is 21.0 Å². The minimum absolute atomic E-state index is 0.162. The molecule has 0 unspecified atom stereocenters. The number of hydrogen-bond donors (Lipinski definition) is 1. The Morgan fingerprint density at radius 2 is 1.75 bits per heavy atom. The van der Waals surface area contributed by atoms with Crippen molar-refractivity contribution in [2.45, 2.75) is 31.5 Å². The Hall–Kier alpha value is -0.723. The lowest BCUT2D eigenvalue weighted by Crippen LogP contribution is -2.43. The molecule has 0 saturated carbocycles. The SMILES string of the molecule is Cc1ccc(F)c([Si](C)(C)C)c1S(=O)(=O)O. The van der Waals surface area contributed by atoms with Crippen LogP contribution in [-0.2, 0) is 10.1 Å². The highest BCUT2D eigenvalue weighted by atomic mass is 32.2. The summed E-state index contributed by atoms with van der Waals surface area (Å²) in [6.45, 7) is 7.05. The van der Waals surface area contributed by atoms with E-state index in [1.807, 2.05) is 19.6 Å². The summed E-state index contributed by atoms with van der Waals surface area (Å²) in [5.41, 5.74) is 0.376. The maximum absolute atomic E-state index is 13.7. The zero-order chi connectivity index (χ0) is 12.7. The number of rotatable bonds is 2. The van der Waals surface area contributed by atoms with Gasteiger partial charge in [-0.15, -0.1) is 0 Å². The smallest absolute Gasteiger partial charge is 0.282 e. The monoisotopic (exact) mass is 262 g/mol. The van der Waals surface area contributed by atoms with Crippen molar-refractivity contribution in [3.05, 3.63) is 23.5 Å². The minimum atomic E-state index is -4.38. The molecule has 0 heterocycles. The highest BCUT2D eigenvalue weighted by Gasteiger charge is 2.30. The van der Waals surface area contributed by atoms with Crippen molar-refractivity contribution in [2.75, 3.05) is 0 Å². The summed E-state index contributed by atoms with van der Waals surface area (Å²) in [7, 11) is -6.55. The second kappa shape index (κ2) is 3.94. The fourth-order valence-corrected chi connectivity index (χ4v) is 5.51. The first-order valence-electron chi connectivity index (χ1n) is 4.82. The molecule has 0 aliphatic carbocycles. The van der Waals surface area contributed by atoms with Crippen LogP contribution in [0.2, 0.25) is 19.6 Å². The van der Waals surface area contributed by atoms with Crippen molar-refractivity contribution in [1.82, 2.24) is 0 Å². The first-order valence-corrected chi connectivity index (χ1v) is 9.76. The van der Waals surface area contributed by atoms with Crippen LogP contribution in [0.3, 0.4) is 0 Å². The third-order valence-corrected chi connectivity index (χ3v) is 5.52. The fraction of sp³-hybridized carbons (Fsp3) is 0.400. The molecule has 0 fully saturated rings. The van der Waals surface area contributed by atoms with E-state index in [2.05, 4.69) is 0 Å². The van der Waals surface area contributed by atoms with Crippen LogP contribution in [0.25, 0.3) is 0 Å². The van der Waals surface area contributed by atoms with Gasteiger partial charge in [0.1, 0.15) is 5.82 Å². The molecule has 0 aromatic heterocycles. The maximum atomic E-state index is 13.7. The molecule has 0 saturated heterocycles. The van der Waals surface area contributed by atoms with Gasteiger partial charge in [0.15, 0.2) is 0 Å². The van der Waals surface area contributed by atoms with Crippen molar-refractivity contribution < 1.29 is 17.4 Å². The average Bonchev–Trinajstić information content (AvgIpc) is 2.04. The van der Waals surface area contributed by atoms with Crippen molar-refractivity contribution in [2.24, 2.45) is 0 Å². The zero-order valence-electron chi connectivity index (χ0n) is 9.70. The Morgan fingerprint density at radius 1 is 1.25 bits per heavy atom. The van der Waals surface area contributed by atoms with E-state index >= 15 is 0 Å². The number of halogens is 1. The summed E-state index contributed by atoms with van der Waals surface area (Å²) in [6.07, 6.45) is 0. The molecule has 16 heavy (non-hydrogen) atoms. The molecule has 0 radical (unpaired) electrons.